The Morgan fingerprint density at radius 2 is 2.22 bits per heavy atom. The van der Waals surface area contributed by atoms with E-state index in [-0.39, 0.29) is 11.9 Å². The summed E-state index contributed by atoms with van der Waals surface area (Å²) in [6, 6.07) is 0.119. The zero-order chi connectivity index (χ0) is 13.3. The normalized spacial score (nSPS) is 17.6. The van der Waals surface area contributed by atoms with Crippen LogP contribution in [-0.2, 0) is 0 Å². The van der Waals surface area contributed by atoms with E-state index in [1.54, 1.807) is 0 Å². The predicted molar refractivity (Wildman–Crippen MR) is 57.3 cm³/mol. The molecule has 0 radical (unpaired) electrons. The van der Waals surface area contributed by atoms with Crippen molar-refractivity contribution >= 4 is 5.82 Å². The SMILES string of the molecule is O=c1c(NCC(O)C(F)(F)F)nccn1C1CC1. The quantitative estimate of drug-likeness (QED) is 0.847. The molecule has 1 atom stereocenters. The van der Waals surface area contributed by atoms with Gasteiger partial charge in [-0.25, -0.2) is 4.98 Å². The Bertz CT molecular complexity index is 482. The van der Waals surface area contributed by atoms with Crippen LogP contribution in [0.4, 0.5) is 19.0 Å². The van der Waals surface area contributed by atoms with Gasteiger partial charge in [0.1, 0.15) is 0 Å². The van der Waals surface area contributed by atoms with Crippen molar-refractivity contribution in [2.24, 2.45) is 0 Å². The van der Waals surface area contributed by atoms with Gasteiger partial charge in [-0.1, -0.05) is 0 Å². The molecule has 1 aliphatic rings. The van der Waals surface area contributed by atoms with Gasteiger partial charge in [-0.3, -0.25) is 4.79 Å². The minimum atomic E-state index is -4.71. The summed E-state index contributed by atoms with van der Waals surface area (Å²) >= 11 is 0. The zero-order valence-corrected chi connectivity index (χ0v) is 9.31. The Balaban J connectivity index is 2.06. The molecule has 0 spiro atoms. The van der Waals surface area contributed by atoms with E-state index in [1.807, 2.05) is 0 Å². The van der Waals surface area contributed by atoms with Gasteiger partial charge in [0, 0.05) is 18.4 Å². The summed E-state index contributed by atoms with van der Waals surface area (Å²) in [4.78, 5) is 15.5. The van der Waals surface area contributed by atoms with E-state index in [9.17, 15) is 18.0 Å². The first-order valence-corrected chi connectivity index (χ1v) is 5.45. The fourth-order valence-corrected chi connectivity index (χ4v) is 1.50. The third-order valence-electron chi connectivity index (χ3n) is 2.65. The number of aromatic nitrogens is 2. The summed E-state index contributed by atoms with van der Waals surface area (Å²) in [5.74, 6) is -0.173. The van der Waals surface area contributed by atoms with E-state index in [1.165, 1.54) is 17.0 Å². The number of hydrogen-bond acceptors (Lipinski definition) is 4. The molecule has 0 aliphatic heterocycles. The van der Waals surface area contributed by atoms with E-state index in [0.29, 0.717) is 0 Å². The summed E-state index contributed by atoms with van der Waals surface area (Å²) < 4.78 is 37.7. The molecule has 1 saturated carbocycles. The van der Waals surface area contributed by atoms with E-state index < -0.39 is 24.4 Å². The largest absolute Gasteiger partial charge is 0.416 e. The van der Waals surface area contributed by atoms with Gasteiger partial charge >= 0.3 is 6.18 Å². The number of nitrogens with one attached hydrogen (secondary N) is 1. The Morgan fingerprint density at radius 1 is 1.56 bits per heavy atom. The molecule has 0 amide bonds. The third-order valence-corrected chi connectivity index (χ3v) is 2.65. The highest BCUT2D eigenvalue weighted by molar-refractivity contribution is 5.31. The second-order valence-electron chi connectivity index (χ2n) is 4.16. The maximum atomic E-state index is 12.1. The van der Waals surface area contributed by atoms with Crippen molar-refractivity contribution in [2.45, 2.75) is 31.2 Å². The maximum Gasteiger partial charge on any atom is 0.416 e. The molecule has 2 N–H and O–H groups in total. The first-order chi connectivity index (χ1) is 8.39. The van der Waals surface area contributed by atoms with Crippen LogP contribution < -0.4 is 10.9 Å². The van der Waals surface area contributed by atoms with Gasteiger partial charge in [-0.05, 0) is 12.8 Å². The molecular formula is C10H12F3N3O2. The van der Waals surface area contributed by atoms with Crippen molar-refractivity contribution in [3.05, 3.63) is 22.7 Å². The first kappa shape index (κ1) is 12.9. The lowest BCUT2D eigenvalue weighted by Crippen LogP contribution is -2.36. The molecule has 1 unspecified atom stereocenters. The van der Waals surface area contributed by atoms with Crippen LogP contribution in [0.15, 0.2) is 17.2 Å². The van der Waals surface area contributed by atoms with Gasteiger partial charge < -0.3 is 15.0 Å². The third kappa shape index (κ3) is 2.81. The molecule has 8 heteroatoms. The van der Waals surface area contributed by atoms with Crippen LogP contribution in [0.25, 0.3) is 0 Å². The monoisotopic (exact) mass is 263 g/mol. The summed E-state index contributed by atoms with van der Waals surface area (Å²) in [6.45, 7) is -0.791. The van der Waals surface area contributed by atoms with Gasteiger partial charge in [0.2, 0.25) is 0 Å². The van der Waals surface area contributed by atoms with Gasteiger partial charge in [0.05, 0.1) is 6.54 Å². The Kier molecular flexibility index (Phi) is 3.29. The predicted octanol–water partition coefficient (Wildman–Crippen LogP) is 0.913. The molecule has 1 heterocycles. The van der Waals surface area contributed by atoms with Crippen LogP contribution in [0.5, 0.6) is 0 Å². The van der Waals surface area contributed by atoms with E-state index >= 15 is 0 Å². The topological polar surface area (TPSA) is 67.2 Å². The molecule has 18 heavy (non-hydrogen) atoms. The molecule has 100 valence electrons. The Hall–Kier alpha value is -1.57. The van der Waals surface area contributed by atoms with Crippen LogP contribution in [-0.4, -0.2) is 33.5 Å². The highest BCUT2D eigenvalue weighted by Gasteiger charge is 2.38. The summed E-state index contributed by atoms with van der Waals surface area (Å²) in [5, 5.41) is 11.0. The smallest absolute Gasteiger partial charge is 0.382 e. The van der Waals surface area contributed by atoms with Crippen molar-refractivity contribution in [3.63, 3.8) is 0 Å². The van der Waals surface area contributed by atoms with E-state index in [0.717, 1.165) is 12.8 Å². The number of anilines is 1. The molecule has 1 aromatic rings. The highest BCUT2D eigenvalue weighted by atomic mass is 19.4. The minimum Gasteiger partial charge on any atom is -0.382 e. The number of hydrogen-bond donors (Lipinski definition) is 2. The maximum absolute atomic E-state index is 12.1. The Labute approximate surface area is 100 Å². The van der Waals surface area contributed by atoms with Crippen molar-refractivity contribution < 1.29 is 18.3 Å². The minimum absolute atomic E-state index is 0.119. The summed E-state index contributed by atoms with van der Waals surface area (Å²) in [6.07, 6.45) is -2.61. The zero-order valence-electron chi connectivity index (χ0n) is 9.31. The molecule has 0 saturated heterocycles. The van der Waals surface area contributed by atoms with Crippen LogP contribution in [0.1, 0.15) is 18.9 Å². The number of aliphatic hydroxyl groups is 1. The fraction of sp³-hybridized carbons (Fsp3) is 0.600. The fourth-order valence-electron chi connectivity index (χ4n) is 1.50. The Morgan fingerprint density at radius 3 is 2.78 bits per heavy atom. The molecule has 0 bridgehead atoms. The van der Waals surface area contributed by atoms with Crippen molar-refractivity contribution in [2.75, 3.05) is 11.9 Å². The average Bonchev–Trinajstić information content (AvgIpc) is 3.10. The summed E-state index contributed by atoms with van der Waals surface area (Å²) in [7, 11) is 0. The average molecular weight is 263 g/mol. The van der Waals surface area contributed by atoms with Gasteiger partial charge in [0.25, 0.3) is 5.56 Å². The van der Waals surface area contributed by atoms with Crippen molar-refractivity contribution in [3.8, 4) is 0 Å². The lowest BCUT2D eigenvalue weighted by Gasteiger charge is -2.15. The number of nitrogens with zero attached hydrogens (tertiary/aromatic N) is 2. The molecule has 0 aromatic carbocycles. The number of alkyl halides is 3. The van der Waals surface area contributed by atoms with Gasteiger partial charge in [-0.15, -0.1) is 0 Å². The first-order valence-electron chi connectivity index (χ1n) is 5.45. The molecule has 1 aliphatic carbocycles. The lowest BCUT2D eigenvalue weighted by atomic mass is 10.3. The standard InChI is InChI=1S/C10H12F3N3O2/c11-10(12,13)7(17)5-15-8-9(18)16(4-3-14-8)6-1-2-6/h3-4,6-7,17H,1-2,5H2,(H,14,15). The second kappa shape index (κ2) is 4.60. The molecule has 5 nitrogen and oxygen atoms in total. The number of halogens is 3. The molecule has 1 fully saturated rings. The number of aliphatic hydroxyl groups excluding tert-OH is 1. The molecule has 2 rings (SSSR count). The van der Waals surface area contributed by atoms with Crippen LogP contribution in [0.2, 0.25) is 0 Å². The van der Waals surface area contributed by atoms with Gasteiger partial charge in [-0.2, -0.15) is 13.2 Å². The van der Waals surface area contributed by atoms with Gasteiger partial charge in [0.15, 0.2) is 11.9 Å². The molecular weight excluding hydrogens is 251 g/mol. The van der Waals surface area contributed by atoms with E-state index in [4.69, 9.17) is 5.11 Å². The highest BCUT2D eigenvalue weighted by Crippen LogP contribution is 2.33. The summed E-state index contributed by atoms with van der Waals surface area (Å²) in [5.41, 5.74) is -0.464. The number of rotatable bonds is 4. The van der Waals surface area contributed by atoms with Crippen molar-refractivity contribution in [1.29, 1.82) is 0 Å². The lowest BCUT2D eigenvalue weighted by molar-refractivity contribution is -0.198. The van der Waals surface area contributed by atoms with Crippen LogP contribution >= 0.6 is 0 Å². The van der Waals surface area contributed by atoms with Crippen LogP contribution in [0.3, 0.4) is 0 Å². The van der Waals surface area contributed by atoms with Crippen molar-refractivity contribution in [1.82, 2.24) is 9.55 Å². The second-order valence-corrected chi connectivity index (χ2v) is 4.16. The van der Waals surface area contributed by atoms with E-state index in [2.05, 4.69) is 10.3 Å². The molecule has 1 aromatic heterocycles. The van der Waals surface area contributed by atoms with Crippen LogP contribution in [0, 0.1) is 0 Å².